The summed E-state index contributed by atoms with van der Waals surface area (Å²) in [6, 6.07) is 2.65. The van der Waals surface area contributed by atoms with Gasteiger partial charge in [0.1, 0.15) is 6.04 Å². The van der Waals surface area contributed by atoms with Gasteiger partial charge in [0.2, 0.25) is 0 Å². The summed E-state index contributed by atoms with van der Waals surface area (Å²) in [5.41, 5.74) is 1.00. The molecule has 1 unspecified atom stereocenters. The lowest BCUT2D eigenvalue weighted by atomic mass is 9.95. The minimum Gasteiger partial charge on any atom is -0.332 e. The fraction of sp³-hybridized carbons (Fsp3) is 0.714. The van der Waals surface area contributed by atoms with E-state index in [9.17, 15) is 5.26 Å². The smallest absolute Gasteiger partial charge is 0.138 e. The lowest BCUT2D eigenvalue weighted by molar-refractivity contribution is 0.354. The molecule has 1 aliphatic carbocycles. The molecule has 0 aliphatic heterocycles. The molecule has 1 atom stereocenters. The summed E-state index contributed by atoms with van der Waals surface area (Å²) >= 11 is 0. The Hall–Kier alpha value is -1.34. The van der Waals surface area contributed by atoms with Crippen LogP contribution in [-0.4, -0.2) is 15.6 Å². The van der Waals surface area contributed by atoms with E-state index in [0.717, 1.165) is 18.7 Å². The Morgan fingerprint density at radius 3 is 2.94 bits per heavy atom. The number of nitrogens with zero attached hydrogens (tertiary/aromatic N) is 3. The number of nitriles is 1. The van der Waals surface area contributed by atoms with Crippen LogP contribution in [0.5, 0.6) is 0 Å². The number of aromatic nitrogens is 2. The molecule has 1 aliphatic rings. The quantitative estimate of drug-likeness (QED) is 0.869. The third-order valence-electron chi connectivity index (χ3n) is 3.64. The van der Waals surface area contributed by atoms with Crippen LogP contribution >= 0.6 is 0 Å². The monoisotopic (exact) mass is 246 g/mol. The van der Waals surface area contributed by atoms with Crippen LogP contribution in [0.25, 0.3) is 0 Å². The van der Waals surface area contributed by atoms with Crippen LogP contribution in [0.3, 0.4) is 0 Å². The highest BCUT2D eigenvalue weighted by Gasteiger charge is 2.21. The van der Waals surface area contributed by atoms with Crippen molar-refractivity contribution < 1.29 is 0 Å². The van der Waals surface area contributed by atoms with Crippen LogP contribution in [0.1, 0.15) is 57.2 Å². The van der Waals surface area contributed by atoms with Gasteiger partial charge in [-0.15, -0.1) is 0 Å². The van der Waals surface area contributed by atoms with E-state index in [0.29, 0.717) is 6.04 Å². The molecule has 2 rings (SSSR count). The van der Waals surface area contributed by atoms with Crippen LogP contribution < -0.4 is 5.32 Å². The van der Waals surface area contributed by atoms with Gasteiger partial charge in [-0.3, -0.25) is 5.32 Å². The van der Waals surface area contributed by atoms with E-state index >= 15 is 0 Å². The number of hydrogen-bond acceptors (Lipinski definition) is 3. The van der Waals surface area contributed by atoms with Gasteiger partial charge in [0.05, 0.1) is 24.3 Å². The van der Waals surface area contributed by atoms with E-state index in [1.54, 1.807) is 0 Å². The third kappa shape index (κ3) is 3.11. The molecule has 1 aromatic rings. The first-order valence-corrected chi connectivity index (χ1v) is 7.01. The van der Waals surface area contributed by atoms with Gasteiger partial charge in [-0.2, -0.15) is 5.26 Å². The molecule has 0 amide bonds. The van der Waals surface area contributed by atoms with Crippen molar-refractivity contribution in [3.8, 4) is 6.07 Å². The van der Waals surface area contributed by atoms with Crippen molar-refractivity contribution in [3.63, 3.8) is 0 Å². The summed E-state index contributed by atoms with van der Waals surface area (Å²) < 4.78 is 2.09. The van der Waals surface area contributed by atoms with Gasteiger partial charge in [0.25, 0.3) is 0 Å². The van der Waals surface area contributed by atoms with Gasteiger partial charge in [-0.25, -0.2) is 4.98 Å². The average molecular weight is 246 g/mol. The van der Waals surface area contributed by atoms with Crippen molar-refractivity contribution in [1.82, 2.24) is 14.9 Å². The topological polar surface area (TPSA) is 53.6 Å². The first-order valence-electron chi connectivity index (χ1n) is 7.01. The van der Waals surface area contributed by atoms with E-state index in [1.807, 2.05) is 12.5 Å². The molecular formula is C14H22N4. The Kier molecular flexibility index (Phi) is 4.77. The highest BCUT2D eigenvalue weighted by molar-refractivity contribution is 5.14. The predicted octanol–water partition coefficient (Wildman–Crippen LogP) is 2.78. The molecule has 1 N–H and O–H groups in total. The summed E-state index contributed by atoms with van der Waals surface area (Å²) in [6.07, 6.45) is 11.0. The second kappa shape index (κ2) is 6.55. The number of imidazole rings is 1. The number of aryl methyl sites for hydroxylation is 1. The maximum Gasteiger partial charge on any atom is 0.138 e. The Morgan fingerprint density at radius 1 is 1.50 bits per heavy atom. The van der Waals surface area contributed by atoms with Crippen molar-refractivity contribution in [2.45, 2.75) is 64.1 Å². The molecule has 4 nitrogen and oxygen atoms in total. The standard InChI is InChI=1S/C14H22N4/c1-2-8-18-11-16-10-14(18)13(9-15)17-12-6-4-3-5-7-12/h10-13,17H,2-8H2,1H3. The molecule has 1 saturated carbocycles. The average Bonchev–Trinajstić information content (AvgIpc) is 2.86. The molecule has 1 aromatic heterocycles. The number of hydrogen-bond donors (Lipinski definition) is 1. The first kappa shape index (κ1) is 13.1. The third-order valence-corrected chi connectivity index (χ3v) is 3.64. The molecule has 4 heteroatoms. The Balaban J connectivity index is 2.03. The highest BCUT2D eigenvalue weighted by Crippen LogP contribution is 2.21. The Morgan fingerprint density at radius 2 is 2.28 bits per heavy atom. The maximum atomic E-state index is 9.37. The van der Waals surface area contributed by atoms with E-state index in [4.69, 9.17) is 0 Å². The van der Waals surface area contributed by atoms with Gasteiger partial charge in [0, 0.05) is 12.6 Å². The van der Waals surface area contributed by atoms with Crippen LogP contribution in [0.4, 0.5) is 0 Å². The predicted molar refractivity (Wildman–Crippen MR) is 70.9 cm³/mol. The molecule has 0 saturated heterocycles. The molecule has 18 heavy (non-hydrogen) atoms. The van der Waals surface area contributed by atoms with Gasteiger partial charge in [-0.1, -0.05) is 26.2 Å². The minimum atomic E-state index is -0.220. The van der Waals surface area contributed by atoms with Gasteiger partial charge < -0.3 is 4.57 Å². The SMILES string of the molecule is CCCn1cncc1C(C#N)NC1CCCCC1. The van der Waals surface area contributed by atoms with Crippen molar-refractivity contribution >= 4 is 0 Å². The van der Waals surface area contributed by atoms with Gasteiger partial charge in [-0.05, 0) is 19.3 Å². The Labute approximate surface area is 109 Å². The van der Waals surface area contributed by atoms with Crippen molar-refractivity contribution in [3.05, 3.63) is 18.2 Å². The summed E-state index contributed by atoms with van der Waals surface area (Å²) in [4.78, 5) is 4.17. The fourth-order valence-electron chi connectivity index (χ4n) is 2.69. The lowest BCUT2D eigenvalue weighted by Crippen LogP contribution is -2.34. The number of nitrogens with one attached hydrogen (secondary N) is 1. The lowest BCUT2D eigenvalue weighted by Gasteiger charge is -2.25. The highest BCUT2D eigenvalue weighted by atomic mass is 15.1. The summed E-state index contributed by atoms with van der Waals surface area (Å²) in [7, 11) is 0. The molecule has 1 heterocycles. The summed E-state index contributed by atoms with van der Waals surface area (Å²) in [6.45, 7) is 3.07. The largest absolute Gasteiger partial charge is 0.332 e. The van der Waals surface area contributed by atoms with Crippen LogP contribution in [-0.2, 0) is 6.54 Å². The van der Waals surface area contributed by atoms with E-state index in [2.05, 4.69) is 27.9 Å². The maximum absolute atomic E-state index is 9.37. The van der Waals surface area contributed by atoms with E-state index in [-0.39, 0.29) is 6.04 Å². The normalized spacial score (nSPS) is 18.4. The van der Waals surface area contributed by atoms with E-state index < -0.39 is 0 Å². The zero-order chi connectivity index (χ0) is 12.8. The second-order valence-electron chi connectivity index (χ2n) is 5.08. The van der Waals surface area contributed by atoms with Gasteiger partial charge in [0.15, 0.2) is 0 Å². The molecule has 0 spiro atoms. The van der Waals surface area contributed by atoms with Crippen molar-refractivity contribution in [1.29, 1.82) is 5.26 Å². The van der Waals surface area contributed by atoms with Crippen molar-refractivity contribution in [2.24, 2.45) is 0 Å². The van der Waals surface area contributed by atoms with Crippen LogP contribution in [0, 0.1) is 11.3 Å². The van der Waals surface area contributed by atoms with Crippen molar-refractivity contribution in [2.75, 3.05) is 0 Å². The van der Waals surface area contributed by atoms with Crippen LogP contribution in [0.2, 0.25) is 0 Å². The molecule has 0 radical (unpaired) electrons. The van der Waals surface area contributed by atoms with E-state index in [1.165, 1.54) is 32.1 Å². The fourth-order valence-corrected chi connectivity index (χ4v) is 2.69. The van der Waals surface area contributed by atoms with Crippen LogP contribution in [0.15, 0.2) is 12.5 Å². The zero-order valence-corrected chi connectivity index (χ0v) is 11.1. The summed E-state index contributed by atoms with van der Waals surface area (Å²) in [5, 5.41) is 12.9. The Bertz CT molecular complexity index is 398. The zero-order valence-electron chi connectivity index (χ0n) is 11.1. The second-order valence-corrected chi connectivity index (χ2v) is 5.08. The minimum absolute atomic E-state index is 0.220. The molecule has 0 aromatic carbocycles. The molecular weight excluding hydrogens is 224 g/mol. The summed E-state index contributed by atoms with van der Waals surface area (Å²) in [5.74, 6) is 0. The first-order chi connectivity index (χ1) is 8.85. The molecule has 0 bridgehead atoms. The molecule has 1 fully saturated rings. The number of rotatable bonds is 5. The molecule has 98 valence electrons. The van der Waals surface area contributed by atoms with Gasteiger partial charge >= 0.3 is 0 Å².